The van der Waals surface area contributed by atoms with Crippen LogP contribution in [0.1, 0.15) is 69.1 Å². The number of ether oxygens (including phenoxy) is 3. The summed E-state index contributed by atoms with van der Waals surface area (Å²) in [6.07, 6.45) is 6.81. The Labute approximate surface area is 216 Å². The van der Waals surface area contributed by atoms with Gasteiger partial charge < -0.3 is 18.4 Å². The van der Waals surface area contributed by atoms with Crippen LogP contribution in [0.15, 0.2) is 36.4 Å². The number of carbonyl (C=O) groups is 1. The summed E-state index contributed by atoms with van der Waals surface area (Å²) in [7, 11) is -0.735. The van der Waals surface area contributed by atoms with E-state index in [-0.39, 0.29) is 17.5 Å². The van der Waals surface area contributed by atoms with Crippen molar-refractivity contribution in [2.24, 2.45) is 0 Å². The lowest BCUT2D eigenvalue weighted by Gasteiger charge is -2.14. The molecule has 0 unspecified atom stereocenters. The molecule has 2 aromatic rings. The van der Waals surface area contributed by atoms with Crippen molar-refractivity contribution in [3.05, 3.63) is 53.1 Å². The molecule has 0 amide bonds. The summed E-state index contributed by atoms with van der Waals surface area (Å²) in [6, 6.07) is 11.6. The number of hydrogen-bond acceptors (Lipinski definition) is 7. The maximum atomic E-state index is 12.2. The normalized spacial score (nSPS) is 11.2. The lowest BCUT2D eigenvalue weighted by molar-refractivity contribution is -0.140. The molecule has 8 heteroatoms. The van der Waals surface area contributed by atoms with Crippen molar-refractivity contribution in [2.75, 3.05) is 26.6 Å². The van der Waals surface area contributed by atoms with E-state index in [1.54, 1.807) is 6.07 Å². The fraction of sp³-hybridized carbons (Fsp3) is 0.536. The number of carbonyl (C=O) groups excluding carboxylic acids is 1. The average molecular weight is 521 g/mol. The molecule has 0 bridgehead atoms. The Balaban J connectivity index is 2.02. The van der Waals surface area contributed by atoms with Crippen molar-refractivity contribution in [1.29, 1.82) is 0 Å². The van der Waals surface area contributed by atoms with Crippen LogP contribution in [0.2, 0.25) is 0 Å². The molecule has 0 N–H and O–H groups in total. The van der Waals surface area contributed by atoms with E-state index in [0.29, 0.717) is 31.6 Å². The summed E-state index contributed by atoms with van der Waals surface area (Å²) in [4.78, 5) is 11.6. The Bertz CT molecular complexity index is 1060. The van der Waals surface area contributed by atoms with Gasteiger partial charge in [0.2, 0.25) is 0 Å². The van der Waals surface area contributed by atoms with Gasteiger partial charge >= 0.3 is 16.1 Å². The summed E-state index contributed by atoms with van der Waals surface area (Å²) < 4.78 is 45.7. The maximum absolute atomic E-state index is 12.2. The molecule has 0 radical (unpaired) electrons. The van der Waals surface area contributed by atoms with Gasteiger partial charge in [-0.05, 0) is 73.4 Å². The first-order valence-electron chi connectivity index (χ1n) is 12.7. The topological polar surface area (TPSA) is 88.1 Å². The number of benzene rings is 2. The zero-order chi connectivity index (χ0) is 26.4. The fourth-order valence-corrected chi connectivity index (χ4v) is 4.83. The third-order valence-electron chi connectivity index (χ3n) is 5.84. The van der Waals surface area contributed by atoms with Crippen LogP contribution in [0.25, 0.3) is 0 Å². The van der Waals surface area contributed by atoms with Gasteiger partial charge in [0.25, 0.3) is 0 Å². The van der Waals surface area contributed by atoms with Gasteiger partial charge in [0.05, 0.1) is 26.6 Å². The Morgan fingerprint density at radius 3 is 2.11 bits per heavy atom. The molecule has 200 valence electrons. The van der Waals surface area contributed by atoms with Crippen molar-refractivity contribution in [3.63, 3.8) is 0 Å². The van der Waals surface area contributed by atoms with Gasteiger partial charge in [0.15, 0.2) is 11.5 Å². The highest BCUT2D eigenvalue weighted by molar-refractivity contribution is 7.87. The highest BCUT2D eigenvalue weighted by atomic mass is 32.2. The Kier molecular flexibility index (Phi) is 12.6. The zero-order valence-corrected chi connectivity index (χ0v) is 22.8. The van der Waals surface area contributed by atoms with E-state index >= 15 is 0 Å². The second kappa shape index (κ2) is 15.4. The maximum Gasteiger partial charge on any atom is 0.309 e. The van der Waals surface area contributed by atoms with Gasteiger partial charge in [-0.3, -0.25) is 4.79 Å². The minimum absolute atomic E-state index is 0.0139. The summed E-state index contributed by atoms with van der Waals surface area (Å²) in [6.45, 7) is 4.70. The first-order valence-corrected chi connectivity index (χ1v) is 14.3. The van der Waals surface area contributed by atoms with Gasteiger partial charge in [-0.1, -0.05) is 44.9 Å². The molecule has 2 aromatic carbocycles. The third-order valence-corrected chi connectivity index (χ3v) is 7.06. The minimum Gasteiger partial charge on any atom is -0.493 e. The van der Waals surface area contributed by atoms with Crippen molar-refractivity contribution >= 4 is 16.1 Å². The van der Waals surface area contributed by atoms with E-state index in [4.69, 9.17) is 18.4 Å². The molecular weight excluding hydrogens is 480 g/mol. The number of methoxy groups -OCH3 is 2. The Morgan fingerprint density at radius 1 is 0.806 bits per heavy atom. The first kappa shape index (κ1) is 29.5. The summed E-state index contributed by atoms with van der Waals surface area (Å²) in [5.41, 5.74) is 3.21. The van der Waals surface area contributed by atoms with Crippen LogP contribution in [-0.2, 0) is 38.9 Å². The molecule has 7 nitrogen and oxygen atoms in total. The lowest BCUT2D eigenvalue weighted by atomic mass is 10.0. The first-order chi connectivity index (χ1) is 17.3. The predicted octanol–water partition coefficient (Wildman–Crippen LogP) is 5.66. The molecule has 0 saturated carbocycles. The molecule has 0 aliphatic heterocycles. The number of unbranched alkanes of at least 4 members (excludes halogenated alkanes) is 2. The van der Waals surface area contributed by atoms with Crippen molar-refractivity contribution in [3.8, 4) is 17.2 Å². The van der Waals surface area contributed by atoms with E-state index in [1.165, 1.54) is 14.2 Å². The van der Waals surface area contributed by atoms with Gasteiger partial charge in [-0.15, -0.1) is 0 Å². The van der Waals surface area contributed by atoms with Crippen molar-refractivity contribution in [1.82, 2.24) is 0 Å². The van der Waals surface area contributed by atoms with Crippen LogP contribution in [-0.4, -0.2) is 41.0 Å². The minimum atomic E-state index is -3.64. The number of aryl methyl sites for hydroxylation is 3. The molecule has 0 saturated heterocycles. The molecule has 0 fully saturated rings. The van der Waals surface area contributed by atoms with Crippen LogP contribution < -0.4 is 13.7 Å². The van der Waals surface area contributed by atoms with E-state index in [2.05, 4.69) is 19.1 Å². The highest BCUT2D eigenvalue weighted by Gasteiger charge is 2.16. The van der Waals surface area contributed by atoms with Gasteiger partial charge in [0, 0.05) is 6.42 Å². The number of hydrogen-bond donors (Lipinski definition) is 0. The third kappa shape index (κ3) is 10.1. The molecule has 2 rings (SSSR count). The van der Waals surface area contributed by atoms with Crippen LogP contribution in [0.5, 0.6) is 17.2 Å². The number of esters is 1. The molecule has 36 heavy (non-hydrogen) atoms. The molecule has 0 heterocycles. The van der Waals surface area contributed by atoms with Gasteiger partial charge in [-0.25, -0.2) is 0 Å². The van der Waals surface area contributed by atoms with Crippen LogP contribution in [0.4, 0.5) is 0 Å². The monoisotopic (exact) mass is 520 g/mol. The predicted molar refractivity (Wildman–Crippen MR) is 142 cm³/mol. The van der Waals surface area contributed by atoms with E-state index in [0.717, 1.165) is 61.0 Å². The van der Waals surface area contributed by atoms with Crippen molar-refractivity contribution in [2.45, 2.75) is 71.6 Å². The standard InChI is InChI=1S/C28H40O7S/c1-5-7-18-34-26-20-22(12-14-24(26)15-17-28(29)33-4)10-9-11-23-13-16-25(27(21-23)32-3)35-36(30,31)19-8-6-2/h12-14,16,20-21H,5-11,15,17-19H2,1-4H3. The molecule has 0 aliphatic carbocycles. The van der Waals surface area contributed by atoms with Crippen LogP contribution in [0.3, 0.4) is 0 Å². The molecular formula is C28H40O7S. The summed E-state index contributed by atoms with van der Waals surface area (Å²) in [5, 5.41) is 0. The molecule has 0 aromatic heterocycles. The van der Waals surface area contributed by atoms with E-state index in [9.17, 15) is 13.2 Å². The Hall–Kier alpha value is -2.74. The lowest BCUT2D eigenvalue weighted by Crippen LogP contribution is -2.14. The fourth-order valence-electron chi connectivity index (χ4n) is 3.69. The zero-order valence-electron chi connectivity index (χ0n) is 22.0. The highest BCUT2D eigenvalue weighted by Crippen LogP contribution is 2.30. The molecule has 0 atom stereocenters. The summed E-state index contributed by atoms with van der Waals surface area (Å²) >= 11 is 0. The van der Waals surface area contributed by atoms with Crippen LogP contribution in [0, 0.1) is 0 Å². The van der Waals surface area contributed by atoms with E-state index in [1.807, 2.05) is 25.1 Å². The average Bonchev–Trinajstić information content (AvgIpc) is 2.87. The second-order valence-electron chi connectivity index (χ2n) is 8.76. The van der Waals surface area contributed by atoms with Gasteiger partial charge in [-0.2, -0.15) is 8.42 Å². The smallest absolute Gasteiger partial charge is 0.309 e. The molecule has 0 aliphatic rings. The quantitative estimate of drug-likeness (QED) is 0.151. The molecule has 0 spiro atoms. The van der Waals surface area contributed by atoms with Crippen molar-refractivity contribution < 1.29 is 31.6 Å². The largest absolute Gasteiger partial charge is 0.493 e. The van der Waals surface area contributed by atoms with Gasteiger partial charge in [0.1, 0.15) is 5.75 Å². The summed E-state index contributed by atoms with van der Waals surface area (Å²) in [5.74, 6) is 1.21. The second-order valence-corrected chi connectivity index (χ2v) is 10.4. The van der Waals surface area contributed by atoms with Crippen LogP contribution >= 0.6 is 0 Å². The SMILES string of the molecule is CCCCOc1cc(CCCc2ccc(OS(=O)(=O)CCCC)c(OC)c2)ccc1CCC(=O)OC. The Morgan fingerprint density at radius 2 is 1.47 bits per heavy atom. The van der Waals surface area contributed by atoms with E-state index < -0.39 is 10.1 Å². The number of rotatable bonds is 17.